The highest BCUT2D eigenvalue weighted by Gasteiger charge is 2.27. The number of hydrogen-bond donors (Lipinski definition) is 1. The number of nitrogens with one attached hydrogen (secondary N) is 1. The topological polar surface area (TPSA) is 64.6 Å². The molecule has 0 aromatic heterocycles. The lowest BCUT2D eigenvalue weighted by Gasteiger charge is -2.13. The zero-order valence-corrected chi connectivity index (χ0v) is 12.9. The van der Waals surface area contributed by atoms with Gasteiger partial charge in [-0.25, -0.2) is 4.79 Å². The molecular weight excluding hydrogens is 326 g/mol. The summed E-state index contributed by atoms with van der Waals surface area (Å²) in [4.78, 5) is 23.7. The van der Waals surface area contributed by atoms with Crippen LogP contribution in [-0.4, -0.2) is 31.1 Å². The molecule has 6 heteroatoms. The van der Waals surface area contributed by atoms with E-state index in [0.29, 0.717) is 15.8 Å². The molecule has 2 rings (SSSR count). The molecule has 1 aliphatic carbocycles. The molecule has 1 atom stereocenters. The Kier molecular flexibility index (Phi) is 4.65. The van der Waals surface area contributed by atoms with Gasteiger partial charge in [-0.15, -0.1) is 0 Å². The second-order valence-corrected chi connectivity index (χ2v) is 5.53. The van der Waals surface area contributed by atoms with Crippen molar-refractivity contribution in [1.29, 1.82) is 0 Å². The number of methoxy groups -OCH3 is 1. The second kappa shape index (κ2) is 6.26. The summed E-state index contributed by atoms with van der Waals surface area (Å²) in [6.07, 6.45) is 1.19. The van der Waals surface area contributed by atoms with Crippen molar-refractivity contribution in [3.05, 3.63) is 28.2 Å². The van der Waals surface area contributed by atoms with Crippen LogP contribution in [0.25, 0.3) is 0 Å². The quantitative estimate of drug-likeness (QED) is 0.834. The Bertz CT molecular complexity index is 528. The highest BCUT2D eigenvalue weighted by Crippen LogP contribution is 2.26. The number of esters is 1. The molecular formula is C14H16BrNO4. The van der Waals surface area contributed by atoms with E-state index in [0.717, 1.165) is 12.8 Å². The van der Waals surface area contributed by atoms with Crippen molar-refractivity contribution in [1.82, 2.24) is 5.32 Å². The van der Waals surface area contributed by atoms with Crippen LogP contribution in [0.2, 0.25) is 0 Å². The Morgan fingerprint density at radius 1 is 1.40 bits per heavy atom. The zero-order valence-electron chi connectivity index (χ0n) is 11.3. The van der Waals surface area contributed by atoms with Gasteiger partial charge < -0.3 is 14.8 Å². The lowest BCUT2D eigenvalue weighted by Crippen LogP contribution is -2.37. The van der Waals surface area contributed by atoms with Crippen LogP contribution in [-0.2, 0) is 9.53 Å². The van der Waals surface area contributed by atoms with Gasteiger partial charge in [0.15, 0.2) is 6.10 Å². The molecule has 0 saturated heterocycles. The van der Waals surface area contributed by atoms with Gasteiger partial charge in [0.2, 0.25) is 0 Å². The summed E-state index contributed by atoms with van der Waals surface area (Å²) in [7, 11) is 1.54. The number of carbonyl (C=O) groups excluding carboxylic acids is 2. The summed E-state index contributed by atoms with van der Waals surface area (Å²) >= 11 is 3.30. The van der Waals surface area contributed by atoms with Gasteiger partial charge >= 0.3 is 5.97 Å². The summed E-state index contributed by atoms with van der Waals surface area (Å²) in [5, 5.41) is 2.79. The Balaban J connectivity index is 1.96. The monoisotopic (exact) mass is 341 g/mol. The van der Waals surface area contributed by atoms with Gasteiger partial charge in [0, 0.05) is 6.04 Å². The molecule has 0 unspecified atom stereocenters. The Morgan fingerprint density at radius 2 is 2.10 bits per heavy atom. The summed E-state index contributed by atoms with van der Waals surface area (Å²) < 4.78 is 10.9. The Labute approximate surface area is 125 Å². The van der Waals surface area contributed by atoms with Crippen LogP contribution in [0.3, 0.4) is 0 Å². The predicted molar refractivity (Wildman–Crippen MR) is 76.7 cm³/mol. The number of hydrogen-bond acceptors (Lipinski definition) is 4. The summed E-state index contributed by atoms with van der Waals surface area (Å²) in [6, 6.07) is 5.11. The van der Waals surface area contributed by atoms with E-state index < -0.39 is 12.1 Å². The van der Waals surface area contributed by atoms with Crippen molar-refractivity contribution in [3.8, 4) is 5.75 Å². The predicted octanol–water partition coefficient (Wildman–Crippen LogP) is 2.28. The highest BCUT2D eigenvalue weighted by atomic mass is 79.9. The van der Waals surface area contributed by atoms with Crippen molar-refractivity contribution in [3.63, 3.8) is 0 Å². The molecule has 1 fully saturated rings. The second-order valence-electron chi connectivity index (χ2n) is 4.68. The average molecular weight is 342 g/mol. The smallest absolute Gasteiger partial charge is 0.338 e. The minimum absolute atomic E-state index is 0.249. The van der Waals surface area contributed by atoms with E-state index in [4.69, 9.17) is 9.47 Å². The van der Waals surface area contributed by atoms with Crippen molar-refractivity contribution in [2.75, 3.05) is 7.11 Å². The molecule has 1 saturated carbocycles. The molecule has 20 heavy (non-hydrogen) atoms. The third kappa shape index (κ3) is 3.72. The first kappa shape index (κ1) is 14.8. The molecule has 0 heterocycles. The van der Waals surface area contributed by atoms with Crippen LogP contribution >= 0.6 is 15.9 Å². The third-order valence-corrected chi connectivity index (χ3v) is 3.58. The molecule has 1 aliphatic rings. The van der Waals surface area contributed by atoms with Crippen molar-refractivity contribution >= 4 is 27.8 Å². The number of carbonyl (C=O) groups is 2. The molecule has 0 bridgehead atoms. The maximum absolute atomic E-state index is 11.9. The Morgan fingerprint density at radius 3 is 2.65 bits per heavy atom. The average Bonchev–Trinajstić information content (AvgIpc) is 3.22. The molecule has 108 valence electrons. The number of ether oxygens (including phenoxy) is 2. The molecule has 0 aliphatic heterocycles. The summed E-state index contributed by atoms with van der Waals surface area (Å²) in [5.74, 6) is -0.165. The van der Waals surface area contributed by atoms with Gasteiger partial charge in [0.05, 0.1) is 17.1 Å². The fraction of sp³-hybridized carbons (Fsp3) is 0.429. The van der Waals surface area contributed by atoms with Gasteiger partial charge in [-0.05, 0) is 53.9 Å². The molecule has 1 aromatic rings. The van der Waals surface area contributed by atoms with Gasteiger partial charge in [0.1, 0.15) is 5.75 Å². The van der Waals surface area contributed by atoms with Gasteiger partial charge in [-0.1, -0.05) is 0 Å². The van der Waals surface area contributed by atoms with Gasteiger partial charge in [0.25, 0.3) is 5.91 Å². The van der Waals surface area contributed by atoms with Crippen LogP contribution in [0.1, 0.15) is 30.1 Å². The first-order valence-electron chi connectivity index (χ1n) is 6.36. The standard InChI is InChI=1S/C14H16BrNO4/c1-8(13(17)16-10-4-5-10)20-14(18)9-3-6-12(19-2)11(15)7-9/h3,6-8,10H,4-5H2,1-2H3,(H,16,17)/t8-/m1/s1. The lowest BCUT2D eigenvalue weighted by atomic mass is 10.2. The SMILES string of the molecule is COc1ccc(C(=O)O[C@H](C)C(=O)NC2CC2)cc1Br. The number of rotatable bonds is 5. The molecule has 1 N–H and O–H groups in total. The van der Waals surface area contributed by atoms with Crippen LogP contribution in [0.4, 0.5) is 0 Å². The molecule has 1 amide bonds. The van der Waals surface area contributed by atoms with E-state index in [1.165, 1.54) is 0 Å². The van der Waals surface area contributed by atoms with Crippen LogP contribution in [0.15, 0.2) is 22.7 Å². The molecule has 1 aromatic carbocycles. The minimum Gasteiger partial charge on any atom is -0.496 e. The summed E-state index contributed by atoms with van der Waals surface area (Å²) in [5.41, 5.74) is 0.365. The van der Waals surface area contributed by atoms with Crippen molar-refractivity contribution in [2.45, 2.75) is 31.9 Å². The maximum Gasteiger partial charge on any atom is 0.338 e. The normalized spacial score (nSPS) is 15.3. The fourth-order valence-electron chi connectivity index (χ4n) is 1.62. The zero-order chi connectivity index (χ0) is 14.7. The maximum atomic E-state index is 11.9. The van der Waals surface area contributed by atoms with E-state index in [-0.39, 0.29) is 11.9 Å². The van der Waals surface area contributed by atoms with E-state index in [2.05, 4.69) is 21.2 Å². The van der Waals surface area contributed by atoms with Crippen LogP contribution < -0.4 is 10.1 Å². The largest absolute Gasteiger partial charge is 0.496 e. The van der Waals surface area contributed by atoms with Gasteiger partial charge in [-0.3, -0.25) is 4.79 Å². The summed E-state index contributed by atoms with van der Waals surface area (Å²) in [6.45, 7) is 1.56. The first-order chi connectivity index (χ1) is 9.51. The number of amides is 1. The Hall–Kier alpha value is -1.56. The highest BCUT2D eigenvalue weighted by molar-refractivity contribution is 9.10. The molecule has 5 nitrogen and oxygen atoms in total. The van der Waals surface area contributed by atoms with Crippen molar-refractivity contribution in [2.24, 2.45) is 0 Å². The fourth-order valence-corrected chi connectivity index (χ4v) is 2.16. The molecule has 0 spiro atoms. The van der Waals surface area contributed by atoms with E-state index in [9.17, 15) is 9.59 Å². The van der Waals surface area contributed by atoms with Crippen molar-refractivity contribution < 1.29 is 19.1 Å². The van der Waals surface area contributed by atoms with E-state index in [1.54, 1.807) is 32.2 Å². The van der Waals surface area contributed by atoms with Crippen LogP contribution in [0.5, 0.6) is 5.75 Å². The van der Waals surface area contributed by atoms with Gasteiger partial charge in [-0.2, -0.15) is 0 Å². The van der Waals surface area contributed by atoms with E-state index in [1.807, 2.05) is 0 Å². The molecule has 0 radical (unpaired) electrons. The lowest BCUT2D eigenvalue weighted by molar-refractivity contribution is -0.129. The minimum atomic E-state index is -0.802. The van der Waals surface area contributed by atoms with E-state index >= 15 is 0 Å². The third-order valence-electron chi connectivity index (χ3n) is 2.96. The number of halogens is 1. The first-order valence-corrected chi connectivity index (χ1v) is 7.15. The van der Waals surface area contributed by atoms with Crippen LogP contribution in [0, 0.1) is 0 Å². The number of benzene rings is 1.